The Morgan fingerprint density at radius 2 is 1.54 bits per heavy atom. The van der Waals surface area contributed by atoms with Gasteiger partial charge in [0.15, 0.2) is 5.76 Å². The van der Waals surface area contributed by atoms with E-state index < -0.39 is 35.5 Å². The molecule has 0 fully saturated rings. The molecule has 3 amide bonds. The molecule has 0 spiro atoms. The number of hydrogen-bond acceptors (Lipinski definition) is 4. The fraction of sp³-hybridized carbons (Fsp3) is 0.138. The van der Waals surface area contributed by atoms with Crippen molar-refractivity contribution in [2.75, 3.05) is 10.6 Å². The number of rotatable bonds is 5. The first-order valence-electron chi connectivity index (χ1n) is 12.0. The van der Waals surface area contributed by atoms with E-state index in [4.69, 9.17) is 4.42 Å². The Balaban J connectivity index is 1.34. The number of fused-ring (bicyclic) bond motifs is 1. The zero-order valence-electron chi connectivity index (χ0n) is 20.4. The lowest BCUT2D eigenvalue weighted by Gasteiger charge is -2.35. The minimum atomic E-state index is -4.54. The molecule has 10 heteroatoms. The van der Waals surface area contributed by atoms with Crippen LogP contribution in [0.25, 0.3) is 0 Å². The van der Waals surface area contributed by atoms with E-state index in [1.54, 1.807) is 18.2 Å². The summed E-state index contributed by atoms with van der Waals surface area (Å²) in [5.41, 5.74) is 1.38. The van der Waals surface area contributed by atoms with Gasteiger partial charge in [0.2, 0.25) is 5.91 Å². The van der Waals surface area contributed by atoms with Gasteiger partial charge in [0.1, 0.15) is 6.04 Å². The van der Waals surface area contributed by atoms with Crippen molar-refractivity contribution >= 4 is 29.1 Å². The van der Waals surface area contributed by atoms with Crippen LogP contribution < -0.4 is 10.6 Å². The summed E-state index contributed by atoms with van der Waals surface area (Å²) in [4.78, 5) is 40.8. The van der Waals surface area contributed by atoms with E-state index in [2.05, 4.69) is 10.6 Å². The number of hydrogen-bond donors (Lipinski definition) is 2. The molecule has 3 aromatic carbocycles. The number of carbonyl (C=O) groups is 3. The summed E-state index contributed by atoms with van der Waals surface area (Å²) in [6.45, 7) is 0.216. The first-order valence-corrected chi connectivity index (χ1v) is 12.0. The SMILES string of the molecule is O=C(Nc1cccc(C(F)(F)F)c1)c1cccc(NC(=O)[C@@H]2Cc3ccccc3CN2C(=O)c2ccco2)c1. The monoisotopic (exact) mass is 533 g/mol. The zero-order valence-corrected chi connectivity index (χ0v) is 20.4. The molecule has 2 N–H and O–H groups in total. The summed E-state index contributed by atoms with van der Waals surface area (Å²) in [5.74, 6) is -1.42. The van der Waals surface area contributed by atoms with Crippen LogP contribution in [0, 0.1) is 0 Å². The fourth-order valence-electron chi connectivity index (χ4n) is 4.45. The molecular formula is C29H22F3N3O4. The first-order chi connectivity index (χ1) is 18.7. The van der Waals surface area contributed by atoms with Crippen LogP contribution in [0.2, 0.25) is 0 Å². The van der Waals surface area contributed by atoms with Gasteiger partial charge in [-0.2, -0.15) is 13.2 Å². The van der Waals surface area contributed by atoms with Gasteiger partial charge in [-0.3, -0.25) is 14.4 Å². The van der Waals surface area contributed by atoms with Gasteiger partial charge >= 0.3 is 6.18 Å². The molecular weight excluding hydrogens is 511 g/mol. The van der Waals surface area contributed by atoms with Crippen molar-refractivity contribution in [1.29, 1.82) is 0 Å². The second kappa shape index (κ2) is 10.5. The topological polar surface area (TPSA) is 91.7 Å². The maximum Gasteiger partial charge on any atom is 0.416 e. The largest absolute Gasteiger partial charge is 0.459 e. The van der Waals surface area contributed by atoms with Crippen molar-refractivity contribution < 1.29 is 32.0 Å². The summed E-state index contributed by atoms with van der Waals surface area (Å²) < 4.78 is 44.3. The van der Waals surface area contributed by atoms with Gasteiger partial charge in [-0.05, 0) is 59.7 Å². The standard InChI is InChI=1S/C29H22F3N3O4/c30-29(31,32)21-9-4-11-23(16-21)33-26(36)19-8-3-10-22(14-19)34-27(37)24-15-18-6-1-2-7-20(18)17-35(24)28(38)25-12-5-13-39-25/h1-14,16,24H,15,17H2,(H,33,36)(H,34,37)/t24-/m0/s1. The molecule has 7 nitrogen and oxygen atoms in total. The maximum absolute atomic E-state index is 13.4. The second-order valence-electron chi connectivity index (χ2n) is 9.00. The third-order valence-corrected chi connectivity index (χ3v) is 6.38. The Morgan fingerprint density at radius 1 is 0.821 bits per heavy atom. The molecule has 2 heterocycles. The highest BCUT2D eigenvalue weighted by atomic mass is 19.4. The molecule has 1 aromatic heterocycles. The molecule has 0 saturated carbocycles. The number of benzene rings is 3. The molecule has 0 aliphatic carbocycles. The van der Waals surface area contributed by atoms with Gasteiger partial charge in [-0.1, -0.05) is 36.4 Å². The normalized spacial score (nSPS) is 14.8. The Morgan fingerprint density at radius 3 is 2.26 bits per heavy atom. The number of nitrogens with one attached hydrogen (secondary N) is 2. The van der Waals surface area contributed by atoms with Crippen LogP contribution in [-0.4, -0.2) is 28.7 Å². The van der Waals surface area contributed by atoms with Crippen molar-refractivity contribution in [3.8, 4) is 0 Å². The number of amides is 3. The molecule has 0 bridgehead atoms. The Labute approximate surface area is 221 Å². The number of furan rings is 1. The maximum atomic E-state index is 13.4. The van der Waals surface area contributed by atoms with Gasteiger partial charge in [0.25, 0.3) is 11.8 Å². The van der Waals surface area contributed by atoms with E-state index in [9.17, 15) is 27.6 Å². The Kier molecular flexibility index (Phi) is 6.93. The molecule has 39 heavy (non-hydrogen) atoms. The van der Waals surface area contributed by atoms with E-state index in [0.717, 1.165) is 23.3 Å². The summed E-state index contributed by atoms with van der Waals surface area (Å²) >= 11 is 0. The number of anilines is 2. The molecule has 0 radical (unpaired) electrons. The molecule has 0 unspecified atom stereocenters. The van der Waals surface area contributed by atoms with E-state index in [1.807, 2.05) is 24.3 Å². The van der Waals surface area contributed by atoms with Gasteiger partial charge in [0.05, 0.1) is 11.8 Å². The van der Waals surface area contributed by atoms with Crippen LogP contribution in [0.15, 0.2) is 95.6 Å². The zero-order chi connectivity index (χ0) is 27.6. The van der Waals surface area contributed by atoms with Crippen molar-refractivity contribution in [2.45, 2.75) is 25.2 Å². The van der Waals surface area contributed by atoms with E-state index >= 15 is 0 Å². The highest BCUT2D eigenvalue weighted by molar-refractivity contribution is 6.06. The van der Waals surface area contributed by atoms with Crippen LogP contribution in [0.3, 0.4) is 0 Å². The van der Waals surface area contributed by atoms with Gasteiger partial charge < -0.3 is 20.0 Å². The van der Waals surface area contributed by atoms with Gasteiger partial charge in [-0.15, -0.1) is 0 Å². The lowest BCUT2D eigenvalue weighted by atomic mass is 9.93. The predicted octanol–water partition coefficient (Wildman–Crippen LogP) is 5.76. The minimum absolute atomic E-state index is 0.0165. The average Bonchev–Trinajstić information content (AvgIpc) is 3.47. The lowest BCUT2D eigenvalue weighted by molar-refractivity contribution is -0.137. The van der Waals surface area contributed by atoms with E-state index in [0.29, 0.717) is 5.69 Å². The highest BCUT2D eigenvalue weighted by Gasteiger charge is 2.36. The number of carbonyl (C=O) groups excluding carboxylic acids is 3. The number of nitrogens with zero attached hydrogens (tertiary/aromatic N) is 1. The quantitative estimate of drug-likeness (QED) is 0.342. The van der Waals surface area contributed by atoms with Gasteiger partial charge in [0, 0.05) is 29.9 Å². The molecule has 5 rings (SSSR count). The van der Waals surface area contributed by atoms with Crippen LogP contribution in [0.1, 0.15) is 37.6 Å². The molecule has 1 atom stereocenters. The Hall–Kier alpha value is -4.86. The third-order valence-electron chi connectivity index (χ3n) is 6.38. The third kappa shape index (κ3) is 5.69. The smallest absolute Gasteiger partial charge is 0.416 e. The van der Waals surface area contributed by atoms with Crippen molar-refractivity contribution in [3.05, 3.63) is 119 Å². The summed E-state index contributed by atoms with van der Waals surface area (Å²) in [7, 11) is 0. The van der Waals surface area contributed by atoms with E-state index in [1.165, 1.54) is 41.5 Å². The van der Waals surface area contributed by atoms with Crippen molar-refractivity contribution in [3.63, 3.8) is 0 Å². The fourth-order valence-corrected chi connectivity index (χ4v) is 4.45. The molecule has 1 aliphatic heterocycles. The number of alkyl halides is 3. The molecule has 0 saturated heterocycles. The summed E-state index contributed by atoms with van der Waals surface area (Å²) in [6, 6.07) is 20.1. The van der Waals surface area contributed by atoms with Crippen LogP contribution >= 0.6 is 0 Å². The summed E-state index contributed by atoms with van der Waals surface area (Å²) in [6.07, 6.45) is -2.88. The molecule has 4 aromatic rings. The minimum Gasteiger partial charge on any atom is -0.459 e. The van der Waals surface area contributed by atoms with Crippen LogP contribution in [-0.2, 0) is 23.9 Å². The molecule has 198 valence electrons. The lowest BCUT2D eigenvalue weighted by Crippen LogP contribution is -2.50. The van der Waals surface area contributed by atoms with Crippen LogP contribution in [0.5, 0.6) is 0 Å². The highest BCUT2D eigenvalue weighted by Crippen LogP contribution is 2.31. The first kappa shape index (κ1) is 25.8. The second-order valence-corrected chi connectivity index (χ2v) is 9.00. The van der Waals surface area contributed by atoms with Crippen molar-refractivity contribution in [2.24, 2.45) is 0 Å². The van der Waals surface area contributed by atoms with Crippen molar-refractivity contribution in [1.82, 2.24) is 4.90 Å². The summed E-state index contributed by atoms with van der Waals surface area (Å²) in [5, 5.41) is 5.22. The molecule has 1 aliphatic rings. The average molecular weight is 534 g/mol. The van der Waals surface area contributed by atoms with E-state index in [-0.39, 0.29) is 30.0 Å². The Bertz CT molecular complexity index is 1530. The predicted molar refractivity (Wildman–Crippen MR) is 137 cm³/mol. The van der Waals surface area contributed by atoms with Crippen LogP contribution in [0.4, 0.5) is 24.5 Å². The number of halogens is 3. The van der Waals surface area contributed by atoms with Gasteiger partial charge in [-0.25, -0.2) is 0 Å².